The summed E-state index contributed by atoms with van der Waals surface area (Å²) in [6.45, 7) is 0. The van der Waals surface area contributed by atoms with E-state index in [9.17, 15) is 15.2 Å². The third-order valence-corrected chi connectivity index (χ3v) is 2.97. The summed E-state index contributed by atoms with van der Waals surface area (Å²) in [4.78, 5) is 14.2. The van der Waals surface area contributed by atoms with E-state index in [4.69, 9.17) is 11.6 Å². The predicted octanol–water partition coefficient (Wildman–Crippen LogP) is 1.96. The molecule has 1 N–H and O–H groups in total. The summed E-state index contributed by atoms with van der Waals surface area (Å²) < 4.78 is 0. The van der Waals surface area contributed by atoms with Crippen molar-refractivity contribution >= 4 is 42.5 Å². The van der Waals surface area contributed by atoms with Gasteiger partial charge in [-0.15, -0.1) is 0 Å². The second kappa shape index (κ2) is 5.75. The maximum atomic E-state index is 10.6. The van der Waals surface area contributed by atoms with E-state index in [1.807, 2.05) is 7.85 Å². The second-order valence-corrected chi connectivity index (χ2v) is 4.62. The van der Waals surface area contributed by atoms with Gasteiger partial charge in [0.1, 0.15) is 13.6 Å². The topological polar surface area (TPSA) is 75.7 Å². The Kier molecular flexibility index (Phi) is 4.05. The lowest BCUT2D eigenvalue weighted by Gasteiger charge is -2.01. The Morgan fingerprint density at radius 2 is 2.05 bits per heavy atom. The monoisotopic (exact) mass is 288 g/mol. The van der Waals surface area contributed by atoms with Crippen LogP contribution < -0.4 is 5.46 Å². The number of hydrogen-bond donors (Lipinski definition) is 1. The van der Waals surface area contributed by atoms with Gasteiger partial charge >= 0.3 is 0 Å². The minimum Gasteiger partial charge on any atom is -0.507 e. The minimum atomic E-state index is -0.522. The highest BCUT2D eigenvalue weighted by Crippen LogP contribution is 2.29. The Bertz CT molecular complexity index is 704. The molecule has 0 atom stereocenters. The normalized spacial score (nSPS) is 10.8. The van der Waals surface area contributed by atoms with Gasteiger partial charge in [-0.25, -0.2) is 0 Å². The van der Waals surface area contributed by atoms with Gasteiger partial charge in [0.25, 0.3) is 5.69 Å². The van der Waals surface area contributed by atoms with Gasteiger partial charge in [-0.2, -0.15) is 0 Å². The average Bonchev–Trinajstić information content (AvgIpc) is 2.40. The zero-order chi connectivity index (χ0) is 14.7. The average molecular weight is 288 g/mol. The fourth-order valence-corrected chi connectivity index (χ4v) is 1.85. The molecule has 5 nitrogen and oxygen atoms in total. The van der Waals surface area contributed by atoms with Crippen molar-refractivity contribution < 1.29 is 10.0 Å². The molecule has 0 fully saturated rings. The summed E-state index contributed by atoms with van der Waals surface area (Å²) in [6, 6.07) is 9.17. The molecule has 0 heterocycles. The highest BCUT2D eigenvalue weighted by molar-refractivity contribution is 6.33. The van der Waals surface area contributed by atoms with Crippen LogP contribution in [0.3, 0.4) is 0 Å². The van der Waals surface area contributed by atoms with Crippen molar-refractivity contribution in [2.45, 2.75) is 0 Å². The van der Waals surface area contributed by atoms with Crippen molar-refractivity contribution in [2.75, 3.05) is 0 Å². The van der Waals surface area contributed by atoms with Gasteiger partial charge < -0.3 is 5.11 Å². The van der Waals surface area contributed by atoms with E-state index in [1.54, 1.807) is 18.2 Å². The van der Waals surface area contributed by atoms with Crippen LogP contribution in [0.1, 0.15) is 5.56 Å². The number of aromatic hydroxyl groups is 1. The molecule has 0 aliphatic heterocycles. The van der Waals surface area contributed by atoms with E-state index < -0.39 is 4.92 Å². The summed E-state index contributed by atoms with van der Waals surface area (Å²) in [5.74, 6) is 0.109. The van der Waals surface area contributed by atoms with Gasteiger partial charge in [0.15, 0.2) is 0 Å². The number of nitro benzene ring substituents is 1. The van der Waals surface area contributed by atoms with Crippen LogP contribution in [-0.2, 0) is 0 Å². The molecule has 20 heavy (non-hydrogen) atoms. The largest absolute Gasteiger partial charge is 0.507 e. The first-order valence-corrected chi connectivity index (χ1v) is 6.13. The third kappa shape index (κ3) is 3.16. The van der Waals surface area contributed by atoms with Gasteiger partial charge in [0, 0.05) is 23.9 Å². The van der Waals surface area contributed by atoms with Crippen LogP contribution in [0.4, 0.5) is 11.4 Å². The van der Waals surface area contributed by atoms with E-state index in [1.165, 1.54) is 24.4 Å². The number of rotatable bonds is 3. The Morgan fingerprint density at radius 3 is 2.70 bits per heavy atom. The molecule has 0 saturated heterocycles. The molecule has 0 unspecified atom stereocenters. The van der Waals surface area contributed by atoms with Gasteiger partial charge in [-0.1, -0.05) is 29.2 Å². The van der Waals surface area contributed by atoms with Crippen LogP contribution >= 0.6 is 11.6 Å². The van der Waals surface area contributed by atoms with E-state index >= 15 is 0 Å². The second-order valence-electron chi connectivity index (χ2n) is 4.21. The maximum absolute atomic E-state index is 10.6. The van der Waals surface area contributed by atoms with Crippen molar-refractivity contribution in [3.8, 4) is 5.75 Å². The molecule has 0 spiro atoms. The first-order chi connectivity index (χ1) is 9.47. The van der Waals surface area contributed by atoms with Crippen molar-refractivity contribution in [1.29, 1.82) is 0 Å². The van der Waals surface area contributed by atoms with E-state index in [0.29, 0.717) is 11.3 Å². The zero-order valence-electron chi connectivity index (χ0n) is 10.6. The highest BCUT2D eigenvalue weighted by atomic mass is 35.5. The van der Waals surface area contributed by atoms with E-state index in [2.05, 4.69) is 4.99 Å². The predicted molar refractivity (Wildman–Crippen MR) is 81.6 cm³/mol. The van der Waals surface area contributed by atoms with Crippen LogP contribution in [0.2, 0.25) is 5.02 Å². The lowest BCUT2D eigenvalue weighted by Crippen LogP contribution is -2.02. The smallest absolute Gasteiger partial charge is 0.271 e. The number of hydrogen-bond acceptors (Lipinski definition) is 4. The number of nitro groups is 1. The third-order valence-electron chi connectivity index (χ3n) is 2.67. The summed E-state index contributed by atoms with van der Waals surface area (Å²) in [5.41, 5.74) is 1.85. The Balaban J connectivity index is 2.32. The van der Waals surface area contributed by atoms with Crippen LogP contribution in [0, 0.1) is 10.1 Å². The van der Waals surface area contributed by atoms with Crippen LogP contribution in [0.15, 0.2) is 41.4 Å². The molecule has 0 aliphatic carbocycles. The number of benzene rings is 2. The molecular formula is C13H10BClN2O3. The molecule has 0 saturated carbocycles. The number of nitrogens with zero attached hydrogens (tertiary/aromatic N) is 2. The van der Waals surface area contributed by atoms with Gasteiger partial charge in [-0.3, -0.25) is 15.1 Å². The van der Waals surface area contributed by atoms with Crippen LogP contribution in [-0.4, -0.2) is 24.1 Å². The number of halogens is 1. The molecule has 2 rings (SSSR count). The molecule has 0 amide bonds. The highest BCUT2D eigenvalue weighted by Gasteiger charge is 2.08. The quantitative estimate of drug-likeness (QED) is 0.406. The first kappa shape index (κ1) is 14.1. The Hall–Kier alpha value is -2.34. The summed E-state index contributed by atoms with van der Waals surface area (Å²) in [5, 5.41) is 20.5. The van der Waals surface area contributed by atoms with Crippen molar-refractivity contribution in [2.24, 2.45) is 4.99 Å². The SMILES string of the molecule is Bc1ccc(O)c(/C=N/c2ccc([N+](=O)[O-])cc2Cl)c1. The van der Waals surface area contributed by atoms with Crippen molar-refractivity contribution in [1.82, 2.24) is 0 Å². The fourth-order valence-electron chi connectivity index (χ4n) is 1.63. The molecule has 0 aromatic heterocycles. The standard InChI is InChI=1S/C13H10BClN2O3/c14-9-1-4-13(18)8(5-9)7-16-12-3-2-10(17(19)20)6-11(12)15/h1-7,18H,14H2/b16-7+. The zero-order valence-corrected chi connectivity index (χ0v) is 11.3. The van der Waals surface area contributed by atoms with Crippen LogP contribution in [0.5, 0.6) is 5.75 Å². The number of non-ortho nitro benzene ring substituents is 1. The van der Waals surface area contributed by atoms with Crippen molar-refractivity contribution in [3.63, 3.8) is 0 Å². The summed E-state index contributed by atoms with van der Waals surface area (Å²) in [7, 11) is 1.90. The van der Waals surface area contributed by atoms with Crippen LogP contribution in [0.25, 0.3) is 0 Å². The Labute approximate surface area is 121 Å². The molecule has 0 radical (unpaired) electrons. The fraction of sp³-hybridized carbons (Fsp3) is 0. The molecule has 2 aromatic rings. The molecular weight excluding hydrogens is 278 g/mol. The number of phenolic OH excluding ortho intramolecular Hbond substituents is 1. The van der Waals surface area contributed by atoms with Gasteiger partial charge in [0.2, 0.25) is 0 Å². The van der Waals surface area contributed by atoms with E-state index in [-0.39, 0.29) is 16.5 Å². The summed E-state index contributed by atoms with van der Waals surface area (Å²) in [6.07, 6.45) is 1.47. The number of phenols is 1. The molecule has 100 valence electrons. The molecule has 2 aromatic carbocycles. The van der Waals surface area contributed by atoms with E-state index in [0.717, 1.165) is 5.46 Å². The first-order valence-electron chi connectivity index (χ1n) is 5.75. The lowest BCUT2D eigenvalue weighted by molar-refractivity contribution is -0.384. The van der Waals surface area contributed by atoms with Gasteiger partial charge in [-0.05, 0) is 12.1 Å². The maximum Gasteiger partial charge on any atom is 0.271 e. The van der Waals surface area contributed by atoms with Crippen molar-refractivity contribution in [3.05, 3.63) is 57.1 Å². The van der Waals surface area contributed by atoms with Gasteiger partial charge in [0.05, 0.1) is 15.6 Å². The number of aliphatic imine (C=N–C) groups is 1. The Morgan fingerprint density at radius 1 is 1.30 bits per heavy atom. The molecule has 0 aliphatic rings. The lowest BCUT2D eigenvalue weighted by atomic mass is 9.94. The molecule has 7 heteroatoms. The molecule has 0 bridgehead atoms. The minimum absolute atomic E-state index is 0.0904. The summed E-state index contributed by atoms with van der Waals surface area (Å²) >= 11 is 5.93.